The van der Waals surface area contributed by atoms with Crippen molar-refractivity contribution in [1.82, 2.24) is 19.8 Å². The van der Waals surface area contributed by atoms with Crippen LogP contribution in [0, 0.1) is 13.8 Å². The van der Waals surface area contributed by atoms with Crippen LogP contribution < -0.4 is 5.32 Å². The molecule has 0 radical (unpaired) electrons. The Morgan fingerprint density at radius 3 is 2.23 bits per heavy atom. The number of piperazine rings is 1. The van der Waals surface area contributed by atoms with Gasteiger partial charge in [-0.3, -0.25) is 4.79 Å². The van der Waals surface area contributed by atoms with E-state index in [4.69, 9.17) is 4.74 Å². The maximum absolute atomic E-state index is 13.4. The molecule has 1 saturated heterocycles. The van der Waals surface area contributed by atoms with Gasteiger partial charge in [0.15, 0.2) is 0 Å². The third-order valence-corrected chi connectivity index (χ3v) is 4.98. The molecule has 0 bridgehead atoms. The number of carbonyl (C=O) groups excluding carboxylic acids is 2. The second kappa shape index (κ2) is 10.0. The fourth-order valence-electron chi connectivity index (χ4n) is 3.54. The zero-order valence-corrected chi connectivity index (χ0v) is 17.8. The Morgan fingerprint density at radius 1 is 1.03 bits per heavy atom. The molecule has 0 saturated carbocycles. The minimum absolute atomic E-state index is 0.0230. The number of benzene rings is 1. The number of nitrogens with one attached hydrogen (secondary N) is 1. The molecular weight excluding hydrogens is 382 g/mol. The number of hydrogen-bond donors (Lipinski definition) is 1. The Hall–Kier alpha value is -3.16. The minimum Gasteiger partial charge on any atom is -0.450 e. The molecule has 2 amide bonds. The van der Waals surface area contributed by atoms with Crippen LogP contribution >= 0.6 is 0 Å². The maximum Gasteiger partial charge on any atom is 0.409 e. The summed E-state index contributed by atoms with van der Waals surface area (Å²) in [5.41, 5.74) is 2.75. The van der Waals surface area contributed by atoms with Crippen LogP contribution in [0.2, 0.25) is 0 Å². The molecule has 8 nitrogen and oxygen atoms in total. The second-order valence-corrected chi connectivity index (χ2v) is 7.37. The lowest BCUT2D eigenvalue weighted by molar-refractivity contribution is -0.133. The number of amides is 2. The number of aromatic nitrogens is 2. The maximum atomic E-state index is 13.4. The van der Waals surface area contributed by atoms with E-state index in [1.165, 1.54) is 0 Å². The first kappa shape index (κ1) is 21.5. The molecule has 0 aliphatic carbocycles. The van der Waals surface area contributed by atoms with Crippen molar-refractivity contribution < 1.29 is 14.3 Å². The van der Waals surface area contributed by atoms with Crippen LogP contribution in [0.4, 0.5) is 10.7 Å². The zero-order valence-electron chi connectivity index (χ0n) is 17.8. The number of anilines is 1. The first-order valence-corrected chi connectivity index (χ1v) is 10.3. The van der Waals surface area contributed by atoms with Crippen LogP contribution in [0.25, 0.3) is 0 Å². The molecule has 1 fully saturated rings. The predicted octanol–water partition coefficient (Wildman–Crippen LogP) is 2.42. The molecule has 1 N–H and O–H groups in total. The van der Waals surface area contributed by atoms with Crippen molar-refractivity contribution in [2.24, 2.45) is 0 Å². The molecular formula is C22H29N5O3. The topological polar surface area (TPSA) is 87.7 Å². The first-order chi connectivity index (χ1) is 14.5. The lowest BCUT2D eigenvalue weighted by atomic mass is 10.0. The van der Waals surface area contributed by atoms with Gasteiger partial charge in [-0.25, -0.2) is 14.8 Å². The van der Waals surface area contributed by atoms with Crippen LogP contribution in [0.5, 0.6) is 0 Å². The fourth-order valence-corrected chi connectivity index (χ4v) is 3.54. The second-order valence-electron chi connectivity index (χ2n) is 7.37. The lowest BCUT2D eigenvalue weighted by Crippen LogP contribution is -2.54. The molecule has 0 spiro atoms. The van der Waals surface area contributed by atoms with Crippen molar-refractivity contribution in [2.75, 3.05) is 38.1 Å². The van der Waals surface area contributed by atoms with E-state index in [1.807, 2.05) is 50.2 Å². The van der Waals surface area contributed by atoms with Crippen LogP contribution in [0.1, 0.15) is 23.9 Å². The highest BCUT2D eigenvalue weighted by Crippen LogP contribution is 2.14. The molecule has 30 heavy (non-hydrogen) atoms. The summed E-state index contributed by atoms with van der Waals surface area (Å²) < 4.78 is 5.06. The molecule has 1 unspecified atom stereocenters. The molecule has 160 valence electrons. The summed E-state index contributed by atoms with van der Waals surface area (Å²) in [6.07, 6.45) is 0.195. The Morgan fingerprint density at radius 2 is 1.63 bits per heavy atom. The molecule has 1 aromatic carbocycles. The van der Waals surface area contributed by atoms with Gasteiger partial charge in [-0.15, -0.1) is 0 Å². The van der Waals surface area contributed by atoms with E-state index in [0.29, 0.717) is 45.2 Å². The summed E-state index contributed by atoms with van der Waals surface area (Å²) in [5.74, 6) is 0.428. The SMILES string of the molecule is CCOC(=O)N1CCN(C(=O)C(Cc2ccccc2)Nc2nc(C)cc(C)n2)CC1. The normalized spacial score (nSPS) is 14.9. The molecule has 1 aliphatic heterocycles. The van der Waals surface area contributed by atoms with E-state index in [9.17, 15) is 9.59 Å². The molecule has 8 heteroatoms. The van der Waals surface area contributed by atoms with Gasteiger partial charge < -0.3 is 19.9 Å². The van der Waals surface area contributed by atoms with Crippen LogP contribution in [0.15, 0.2) is 36.4 Å². The summed E-state index contributed by atoms with van der Waals surface area (Å²) in [7, 11) is 0. The van der Waals surface area contributed by atoms with Crippen LogP contribution in [-0.4, -0.2) is 70.6 Å². The smallest absolute Gasteiger partial charge is 0.409 e. The highest BCUT2D eigenvalue weighted by atomic mass is 16.6. The number of nitrogens with zero attached hydrogens (tertiary/aromatic N) is 4. The Bertz CT molecular complexity index is 846. The van der Waals surface area contributed by atoms with Gasteiger partial charge in [-0.2, -0.15) is 0 Å². The number of rotatable bonds is 6. The number of aryl methyl sites for hydroxylation is 2. The Balaban J connectivity index is 1.72. The van der Waals surface area contributed by atoms with Crippen molar-refractivity contribution in [3.05, 3.63) is 53.3 Å². The molecule has 2 heterocycles. The average Bonchev–Trinajstić information content (AvgIpc) is 2.73. The van der Waals surface area contributed by atoms with E-state index in [1.54, 1.807) is 16.7 Å². The monoisotopic (exact) mass is 411 g/mol. The molecule has 3 rings (SSSR count). The van der Waals surface area contributed by atoms with Gasteiger partial charge in [0, 0.05) is 44.0 Å². The molecule has 2 aromatic rings. The van der Waals surface area contributed by atoms with Gasteiger partial charge in [0.25, 0.3) is 0 Å². The van der Waals surface area contributed by atoms with E-state index >= 15 is 0 Å². The molecule has 1 aromatic heterocycles. The third kappa shape index (κ3) is 5.68. The van der Waals surface area contributed by atoms with Crippen LogP contribution in [0.3, 0.4) is 0 Å². The lowest BCUT2D eigenvalue weighted by Gasteiger charge is -2.36. The zero-order chi connectivity index (χ0) is 21.5. The predicted molar refractivity (Wildman–Crippen MR) is 114 cm³/mol. The summed E-state index contributed by atoms with van der Waals surface area (Å²) in [6.45, 7) is 7.80. The number of hydrogen-bond acceptors (Lipinski definition) is 6. The Labute approximate surface area is 177 Å². The van der Waals surface area contributed by atoms with E-state index < -0.39 is 6.04 Å². The largest absolute Gasteiger partial charge is 0.450 e. The van der Waals surface area contributed by atoms with Crippen LogP contribution in [-0.2, 0) is 16.0 Å². The number of carbonyl (C=O) groups is 2. The summed E-state index contributed by atoms with van der Waals surface area (Å²) >= 11 is 0. The van der Waals surface area contributed by atoms with Crippen molar-refractivity contribution in [2.45, 2.75) is 33.2 Å². The molecule has 1 atom stereocenters. The van der Waals surface area contributed by atoms with Crippen molar-refractivity contribution >= 4 is 17.9 Å². The quantitative estimate of drug-likeness (QED) is 0.786. The summed E-state index contributed by atoms with van der Waals surface area (Å²) in [6, 6.07) is 11.3. The van der Waals surface area contributed by atoms with Gasteiger partial charge in [0.2, 0.25) is 11.9 Å². The Kier molecular flexibility index (Phi) is 7.21. The molecule has 1 aliphatic rings. The van der Waals surface area contributed by atoms with E-state index in [0.717, 1.165) is 17.0 Å². The third-order valence-electron chi connectivity index (χ3n) is 4.98. The fraction of sp³-hybridized carbons (Fsp3) is 0.455. The van der Waals surface area contributed by atoms with E-state index in [2.05, 4.69) is 15.3 Å². The van der Waals surface area contributed by atoms with Crippen molar-refractivity contribution in [1.29, 1.82) is 0 Å². The summed E-state index contributed by atoms with van der Waals surface area (Å²) in [4.78, 5) is 37.6. The highest BCUT2D eigenvalue weighted by Gasteiger charge is 2.30. The minimum atomic E-state index is -0.497. The van der Waals surface area contributed by atoms with Gasteiger partial charge >= 0.3 is 6.09 Å². The van der Waals surface area contributed by atoms with Gasteiger partial charge in [0.05, 0.1) is 6.61 Å². The van der Waals surface area contributed by atoms with Gasteiger partial charge in [-0.1, -0.05) is 30.3 Å². The van der Waals surface area contributed by atoms with Gasteiger partial charge in [0.1, 0.15) is 6.04 Å². The summed E-state index contributed by atoms with van der Waals surface area (Å²) in [5, 5.41) is 3.24. The number of ether oxygens (including phenoxy) is 1. The average molecular weight is 412 g/mol. The van der Waals surface area contributed by atoms with Gasteiger partial charge in [-0.05, 0) is 32.4 Å². The standard InChI is InChI=1S/C22H29N5O3/c1-4-30-22(29)27-12-10-26(11-13-27)20(28)19(15-18-8-6-5-7-9-18)25-21-23-16(2)14-17(3)24-21/h5-9,14,19H,4,10-13,15H2,1-3H3,(H,23,24,25). The first-order valence-electron chi connectivity index (χ1n) is 10.3. The van der Waals surface area contributed by atoms with E-state index in [-0.39, 0.29) is 12.0 Å². The van der Waals surface area contributed by atoms with Crippen molar-refractivity contribution in [3.8, 4) is 0 Å². The van der Waals surface area contributed by atoms with Crippen molar-refractivity contribution in [3.63, 3.8) is 0 Å². The highest BCUT2D eigenvalue weighted by molar-refractivity contribution is 5.85.